The van der Waals surface area contributed by atoms with Crippen LogP contribution in [-0.4, -0.2) is 16.6 Å². The van der Waals surface area contributed by atoms with Crippen molar-refractivity contribution in [2.75, 3.05) is 6.61 Å². The first-order chi connectivity index (χ1) is 5.83. The summed E-state index contributed by atoms with van der Waals surface area (Å²) in [6.07, 6.45) is 1.10. The minimum absolute atomic E-state index is 0.199. The van der Waals surface area contributed by atoms with Crippen molar-refractivity contribution in [3.8, 4) is 17.7 Å². The molecule has 0 saturated heterocycles. The van der Waals surface area contributed by atoms with Crippen LogP contribution in [0.25, 0.3) is 0 Å². The van der Waals surface area contributed by atoms with Crippen LogP contribution in [0.3, 0.4) is 0 Å². The summed E-state index contributed by atoms with van der Waals surface area (Å²) >= 11 is 0. The molecule has 0 amide bonds. The summed E-state index contributed by atoms with van der Waals surface area (Å²) in [5.41, 5.74) is 0. The van der Waals surface area contributed by atoms with E-state index >= 15 is 0 Å². The van der Waals surface area contributed by atoms with Gasteiger partial charge in [-0.05, 0) is 6.92 Å². The molecule has 0 bridgehead atoms. The molecule has 0 unspecified atom stereocenters. The van der Waals surface area contributed by atoms with Crippen LogP contribution in [0, 0.1) is 17.8 Å². The normalized spacial score (nSPS) is 8.50. The van der Waals surface area contributed by atoms with Crippen molar-refractivity contribution in [1.82, 2.24) is 9.97 Å². The van der Waals surface area contributed by atoms with E-state index in [1.807, 2.05) is 0 Å². The highest BCUT2D eigenvalue weighted by molar-refractivity contribution is 5.08. The van der Waals surface area contributed by atoms with Gasteiger partial charge in [-0.3, -0.25) is 0 Å². The fourth-order valence-electron chi connectivity index (χ4n) is 0.578. The molecular formula is C8H7FN2O. The van der Waals surface area contributed by atoms with Crippen LogP contribution in [0.4, 0.5) is 4.39 Å². The van der Waals surface area contributed by atoms with Crippen LogP contribution in [0.2, 0.25) is 0 Å². The van der Waals surface area contributed by atoms with Gasteiger partial charge >= 0.3 is 0 Å². The molecule has 0 saturated carbocycles. The predicted octanol–water partition coefficient (Wildman–Crippen LogP) is 1.02. The molecule has 1 aromatic heterocycles. The van der Waals surface area contributed by atoms with Crippen molar-refractivity contribution >= 4 is 0 Å². The van der Waals surface area contributed by atoms with Gasteiger partial charge in [0.2, 0.25) is 11.8 Å². The Kier molecular flexibility index (Phi) is 3.03. The largest absolute Gasteiger partial charge is 0.464 e. The van der Waals surface area contributed by atoms with E-state index in [9.17, 15) is 4.39 Å². The number of halogens is 1. The molecule has 3 nitrogen and oxygen atoms in total. The number of rotatable bonds is 2. The highest BCUT2D eigenvalue weighted by Crippen LogP contribution is 2.04. The first-order valence-corrected chi connectivity index (χ1v) is 3.33. The van der Waals surface area contributed by atoms with Gasteiger partial charge in [0.1, 0.15) is 6.33 Å². The molecule has 0 spiro atoms. The fourth-order valence-corrected chi connectivity index (χ4v) is 0.578. The lowest BCUT2D eigenvalue weighted by atomic mass is 10.6. The van der Waals surface area contributed by atoms with Crippen LogP contribution in [0.5, 0.6) is 5.88 Å². The summed E-state index contributed by atoms with van der Waals surface area (Å²) in [6.45, 7) is 1.91. The first kappa shape index (κ1) is 8.47. The van der Waals surface area contributed by atoms with E-state index in [1.54, 1.807) is 6.92 Å². The Balaban J connectivity index is 2.55. The van der Waals surface area contributed by atoms with Gasteiger partial charge in [0.15, 0.2) is 6.61 Å². The maximum absolute atomic E-state index is 12.4. The summed E-state index contributed by atoms with van der Waals surface area (Å²) in [5.74, 6) is 4.89. The number of aromatic nitrogens is 2. The van der Waals surface area contributed by atoms with E-state index in [2.05, 4.69) is 21.8 Å². The molecule has 0 aliphatic rings. The van der Waals surface area contributed by atoms with Crippen LogP contribution in [-0.2, 0) is 0 Å². The van der Waals surface area contributed by atoms with Crippen molar-refractivity contribution in [3.05, 3.63) is 18.3 Å². The molecule has 0 aliphatic carbocycles. The monoisotopic (exact) mass is 166 g/mol. The zero-order chi connectivity index (χ0) is 8.81. The minimum Gasteiger partial charge on any atom is -0.464 e. The minimum atomic E-state index is -0.607. The Bertz CT molecular complexity index is 316. The van der Waals surface area contributed by atoms with E-state index in [0.29, 0.717) is 0 Å². The third-order valence-corrected chi connectivity index (χ3v) is 1.08. The van der Waals surface area contributed by atoms with Crippen molar-refractivity contribution in [2.45, 2.75) is 6.92 Å². The first-order valence-electron chi connectivity index (χ1n) is 3.33. The third kappa shape index (κ3) is 2.54. The van der Waals surface area contributed by atoms with E-state index in [0.717, 1.165) is 12.4 Å². The predicted molar refractivity (Wildman–Crippen MR) is 40.9 cm³/mol. The zero-order valence-corrected chi connectivity index (χ0v) is 6.54. The lowest BCUT2D eigenvalue weighted by Crippen LogP contribution is -1.97. The second-order valence-corrected chi connectivity index (χ2v) is 1.89. The van der Waals surface area contributed by atoms with Gasteiger partial charge in [-0.2, -0.15) is 4.39 Å². The summed E-state index contributed by atoms with van der Waals surface area (Å²) in [5, 5.41) is 0. The second-order valence-electron chi connectivity index (χ2n) is 1.89. The lowest BCUT2D eigenvalue weighted by Gasteiger charge is -1.98. The Morgan fingerprint density at radius 3 is 3.08 bits per heavy atom. The Hall–Kier alpha value is -1.63. The van der Waals surface area contributed by atoms with Gasteiger partial charge in [-0.25, -0.2) is 9.97 Å². The topological polar surface area (TPSA) is 35.0 Å². The third-order valence-electron chi connectivity index (χ3n) is 1.08. The Morgan fingerprint density at radius 2 is 2.42 bits per heavy atom. The standard InChI is InChI=1S/C8H7FN2O/c1-2-3-4-12-8-5-7(9)10-6-11-8/h5-6H,4H2,1H3. The van der Waals surface area contributed by atoms with E-state index in [4.69, 9.17) is 4.74 Å². The molecule has 12 heavy (non-hydrogen) atoms. The SMILES string of the molecule is CC#CCOc1cc(F)ncn1. The van der Waals surface area contributed by atoms with Crippen LogP contribution < -0.4 is 4.74 Å². The zero-order valence-electron chi connectivity index (χ0n) is 6.54. The van der Waals surface area contributed by atoms with Gasteiger partial charge in [0.25, 0.3) is 0 Å². The lowest BCUT2D eigenvalue weighted by molar-refractivity contribution is 0.350. The van der Waals surface area contributed by atoms with Gasteiger partial charge in [0.05, 0.1) is 6.07 Å². The maximum Gasteiger partial charge on any atom is 0.220 e. The molecule has 0 radical (unpaired) electrons. The average Bonchev–Trinajstić information content (AvgIpc) is 2.05. The fraction of sp³-hybridized carbons (Fsp3) is 0.250. The van der Waals surface area contributed by atoms with Gasteiger partial charge in [-0.1, -0.05) is 5.92 Å². The Labute approximate surface area is 69.6 Å². The molecule has 62 valence electrons. The maximum atomic E-state index is 12.4. The average molecular weight is 166 g/mol. The highest BCUT2D eigenvalue weighted by atomic mass is 19.1. The molecule has 1 rings (SSSR count). The summed E-state index contributed by atoms with van der Waals surface area (Å²) in [4.78, 5) is 6.94. The molecule has 0 aliphatic heterocycles. The number of nitrogens with zero attached hydrogens (tertiary/aromatic N) is 2. The second kappa shape index (κ2) is 4.29. The Morgan fingerprint density at radius 1 is 1.58 bits per heavy atom. The number of hydrogen-bond acceptors (Lipinski definition) is 3. The molecular weight excluding hydrogens is 159 g/mol. The van der Waals surface area contributed by atoms with Crippen LogP contribution >= 0.6 is 0 Å². The number of hydrogen-bond donors (Lipinski definition) is 0. The number of ether oxygens (including phenoxy) is 1. The quantitative estimate of drug-likeness (QED) is 0.486. The molecule has 4 heteroatoms. The summed E-state index contributed by atoms with van der Waals surface area (Å²) in [7, 11) is 0. The molecule has 0 aromatic carbocycles. The molecule has 1 aromatic rings. The molecule has 0 N–H and O–H groups in total. The van der Waals surface area contributed by atoms with Crippen LogP contribution in [0.15, 0.2) is 12.4 Å². The van der Waals surface area contributed by atoms with Gasteiger partial charge < -0.3 is 4.74 Å². The summed E-state index contributed by atoms with van der Waals surface area (Å²) < 4.78 is 17.4. The van der Waals surface area contributed by atoms with Crippen LogP contribution in [0.1, 0.15) is 6.92 Å². The van der Waals surface area contributed by atoms with Crippen molar-refractivity contribution < 1.29 is 9.13 Å². The molecule has 0 atom stereocenters. The smallest absolute Gasteiger partial charge is 0.220 e. The highest BCUT2D eigenvalue weighted by Gasteiger charge is 1.95. The molecule has 1 heterocycles. The van der Waals surface area contributed by atoms with Crippen molar-refractivity contribution in [2.24, 2.45) is 0 Å². The molecule has 0 fully saturated rings. The van der Waals surface area contributed by atoms with E-state index < -0.39 is 5.95 Å². The van der Waals surface area contributed by atoms with Crippen molar-refractivity contribution in [1.29, 1.82) is 0 Å². The van der Waals surface area contributed by atoms with E-state index in [-0.39, 0.29) is 12.5 Å². The van der Waals surface area contributed by atoms with Gasteiger partial charge in [-0.15, -0.1) is 5.92 Å². The van der Waals surface area contributed by atoms with Crippen molar-refractivity contribution in [3.63, 3.8) is 0 Å². The van der Waals surface area contributed by atoms with E-state index in [1.165, 1.54) is 0 Å². The van der Waals surface area contributed by atoms with Gasteiger partial charge in [0, 0.05) is 0 Å². The summed E-state index contributed by atoms with van der Waals surface area (Å²) in [6, 6.07) is 1.11.